The van der Waals surface area contributed by atoms with E-state index >= 15 is 0 Å². The Morgan fingerprint density at radius 1 is 1.09 bits per heavy atom. The molecule has 3 rings (SSSR count). The highest BCUT2D eigenvalue weighted by Crippen LogP contribution is 2.43. The van der Waals surface area contributed by atoms with Gasteiger partial charge in [0.2, 0.25) is 6.41 Å². The molecule has 1 amide bonds. The summed E-state index contributed by atoms with van der Waals surface area (Å²) in [7, 11) is 3.24. The van der Waals surface area contributed by atoms with Gasteiger partial charge in [0.15, 0.2) is 11.5 Å². The standard InChI is InChI=1S/C17H14BrNO3/c1-21-14-7-6-10-8-13(19-9-20)16-11(4-3-5-12(16)18)15(10)17(14)22-2/h3-9H,1-2H3,(H,19,20). The average molecular weight is 360 g/mol. The van der Waals surface area contributed by atoms with E-state index in [-0.39, 0.29) is 0 Å². The van der Waals surface area contributed by atoms with Crippen molar-refractivity contribution < 1.29 is 14.3 Å². The number of benzene rings is 3. The number of methoxy groups -OCH3 is 2. The molecule has 112 valence electrons. The first kappa shape index (κ1) is 14.7. The minimum atomic E-state index is 0.673. The van der Waals surface area contributed by atoms with Crippen LogP contribution >= 0.6 is 15.9 Å². The van der Waals surface area contributed by atoms with E-state index in [4.69, 9.17) is 9.47 Å². The molecule has 0 aliphatic rings. The number of rotatable bonds is 4. The largest absolute Gasteiger partial charge is 0.493 e. The van der Waals surface area contributed by atoms with Crippen molar-refractivity contribution in [1.82, 2.24) is 0 Å². The number of amides is 1. The second kappa shape index (κ2) is 5.85. The van der Waals surface area contributed by atoms with Crippen LogP contribution in [-0.4, -0.2) is 20.6 Å². The second-order valence-corrected chi connectivity index (χ2v) is 5.60. The van der Waals surface area contributed by atoms with Crippen LogP contribution in [0.15, 0.2) is 40.9 Å². The van der Waals surface area contributed by atoms with Crippen molar-refractivity contribution in [3.8, 4) is 11.5 Å². The van der Waals surface area contributed by atoms with Gasteiger partial charge < -0.3 is 14.8 Å². The molecule has 0 heterocycles. The topological polar surface area (TPSA) is 47.6 Å². The van der Waals surface area contributed by atoms with Gasteiger partial charge in [-0.1, -0.05) is 34.1 Å². The summed E-state index contributed by atoms with van der Waals surface area (Å²) in [5.41, 5.74) is 0.747. The Hall–Kier alpha value is -2.27. The molecule has 0 aromatic heterocycles. The third-order valence-electron chi connectivity index (χ3n) is 3.64. The maximum Gasteiger partial charge on any atom is 0.211 e. The molecule has 1 N–H and O–H groups in total. The molecule has 0 saturated carbocycles. The van der Waals surface area contributed by atoms with Gasteiger partial charge in [-0.15, -0.1) is 0 Å². The lowest BCUT2D eigenvalue weighted by molar-refractivity contribution is -0.105. The lowest BCUT2D eigenvalue weighted by Crippen LogP contribution is -1.97. The zero-order valence-corrected chi connectivity index (χ0v) is 13.7. The molecular weight excluding hydrogens is 346 g/mol. The zero-order valence-electron chi connectivity index (χ0n) is 12.1. The summed E-state index contributed by atoms with van der Waals surface area (Å²) in [5.74, 6) is 1.35. The first-order valence-electron chi connectivity index (χ1n) is 6.67. The predicted molar refractivity (Wildman–Crippen MR) is 91.9 cm³/mol. The zero-order chi connectivity index (χ0) is 15.7. The Bertz CT molecular complexity index is 877. The first-order chi connectivity index (χ1) is 10.7. The molecule has 0 radical (unpaired) electrons. The number of halogens is 1. The molecule has 0 bridgehead atoms. The molecule has 3 aromatic rings. The Balaban J connectivity index is 2.55. The minimum absolute atomic E-state index is 0.673. The van der Waals surface area contributed by atoms with Crippen LogP contribution in [0.4, 0.5) is 5.69 Å². The number of nitrogens with one attached hydrogen (secondary N) is 1. The van der Waals surface area contributed by atoms with Crippen LogP contribution in [0.25, 0.3) is 21.5 Å². The number of carbonyl (C=O) groups is 1. The maximum absolute atomic E-state index is 10.9. The highest BCUT2D eigenvalue weighted by molar-refractivity contribution is 9.10. The van der Waals surface area contributed by atoms with Gasteiger partial charge in [0.25, 0.3) is 0 Å². The fraction of sp³-hybridized carbons (Fsp3) is 0.118. The number of ether oxygens (including phenoxy) is 2. The summed E-state index contributed by atoms with van der Waals surface area (Å²) in [5, 5.41) is 6.59. The van der Waals surface area contributed by atoms with Gasteiger partial charge in [0, 0.05) is 15.2 Å². The van der Waals surface area contributed by atoms with Crippen LogP contribution in [0, 0.1) is 0 Å². The van der Waals surface area contributed by atoms with Crippen LogP contribution in [0.2, 0.25) is 0 Å². The van der Waals surface area contributed by atoms with E-state index in [1.54, 1.807) is 14.2 Å². The fourth-order valence-corrected chi connectivity index (χ4v) is 3.33. The van der Waals surface area contributed by atoms with Crippen LogP contribution in [0.1, 0.15) is 0 Å². The highest BCUT2D eigenvalue weighted by Gasteiger charge is 2.15. The van der Waals surface area contributed by atoms with E-state index in [9.17, 15) is 4.79 Å². The van der Waals surface area contributed by atoms with Gasteiger partial charge in [-0.05, 0) is 29.0 Å². The van der Waals surface area contributed by atoms with Gasteiger partial charge in [-0.25, -0.2) is 0 Å². The molecule has 4 nitrogen and oxygen atoms in total. The minimum Gasteiger partial charge on any atom is -0.493 e. The van der Waals surface area contributed by atoms with E-state index in [1.165, 1.54) is 0 Å². The smallest absolute Gasteiger partial charge is 0.211 e. The number of fused-ring (bicyclic) bond motifs is 3. The third-order valence-corrected chi connectivity index (χ3v) is 4.31. The summed E-state index contributed by atoms with van der Waals surface area (Å²) in [6.07, 6.45) is 0.681. The van der Waals surface area contributed by atoms with Gasteiger partial charge in [0.05, 0.1) is 19.9 Å². The molecular formula is C17H14BrNO3. The fourth-order valence-electron chi connectivity index (χ4n) is 2.75. The number of hydrogen-bond donors (Lipinski definition) is 1. The van der Waals surface area contributed by atoms with Crippen LogP contribution in [0.3, 0.4) is 0 Å². The SMILES string of the molecule is COc1ccc2cc(NC=O)c3c(Br)cccc3c2c1OC. The van der Waals surface area contributed by atoms with Crippen molar-refractivity contribution in [3.05, 3.63) is 40.9 Å². The van der Waals surface area contributed by atoms with E-state index in [2.05, 4.69) is 21.2 Å². The lowest BCUT2D eigenvalue weighted by atomic mass is 9.99. The lowest BCUT2D eigenvalue weighted by Gasteiger charge is -2.15. The van der Waals surface area contributed by atoms with Crippen molar-refractivity contribution >= 4 is 49.6 Å². The number of hydrogen-bond acceptors (Lipinski definition) is 3. The van der Waals surface area contributed by atoms with E-state index in [0.29, 0.717) is 17.9 Å². The number of anilines is 1. The molecule has 3 aromatic carbocycles. The van der Waals surface area contributed by atoms with Crippen molar-refractivity contribution in [2.75, 3.05) is 19.5 Å². The number of carbonyl (C=O) groups excluding carboxylic acids is 1. The van der Waals surface area contributed by atoms with Crippen molar-refractivity contribution in [3.63, 3.8) is 0 Å². The Labute approximate surface area is 136 Å². The van der Waals surface area contributed by atoms with E-state index in [0.717, 1.165) is 31.7 Å². The van der Waals surface area contributed by atoms with Crippen LogP contribution in [-0.2, 0) is 4.79 Å². The van der Waals surface area contributed by atoms with Crippen molar-refractivity contribution in [1.29, 1.82) is 0 Å². The first-order valence-corrected chi connectivity index (χ1v) is 7.46. The molecule has 22 heavy (non-hydrogen) atoms. The molecule has 0 aliphatic heterocycles. The molecule has 5 heteroatoms. The van der Waals surface area contributed by atoms with Crippen LogP contribution in [0.5, 0.6) is 11.5 Å². The van der Waals surface area contributed by atoms with Crippen molar-refractivity contribution in [2.45, 2.75) is 0 Å². The summed E-state index contributed by atoms with van der Waals surface area (Å²) in [6.45, 7) is 0. The second-order valence-electron chi connectivity index (χ2n) is 4.75. The molecule has 0 fully saturated rings. The molecule has 0 atom stereocenters. The van der Waals surface area contributed by atoms with Crippen molar-refractivity contribution in [2.24, 2.45) is 0 Å². The highest BCUT2D eigenvalue weighted by atomic mass is 79.9. The van der Waals surface area contributed by atoms with Gasteiger partial charge in [0.1, 0.15) is 0 Å². The summed E-state index contributed by atoms with van der Waals surface area (Å²) >= 11 is 3.56. The monoisotopic (exact) mass is 359 g/mol. The van der Waals surface area contributed by atoms with Gasteiger partial charge in [-0.2, -0.15) is 0 Å². The molecule has 0 aliphatic carbocycles. The normalized spacial score (nSPS) is 10.7. The summed E-state index contributed by atoms with van der Waals surface area (Å²) < 4.78 is 11.9. The average Bonchev–Trinajstić information content (AvgIpc) is 2.54. The van der Waals surface area contributed by atoms with E-state index in [1.807, 2.05) is 36.4 Å². The van der Waals surface area contributed by atoms with E-state index < -0.39 is 0 Å². The van der Waals surface area contributed by atoms with Gasteiger partial charge in [-0.3, -0.25) is 4.79 Å². The summed E-state index contributed by atoms with van der Waals surface area (Å²) in [4.78, 5) is 10.9. The Kier molecular flexibility index (Phi) is 3.90. The molecule has 0 spiro atoms. The summed E-state index contributed by atoms with van der Waals surface area (Å²) in [6, 6.07) is 11.6. The van der Waals surface area contributed by atoms with Gasteiger partial charge >= 0.3 is 0 Å². The maximum atomic E-state index is 10.9. The Morgan fingerprint density at radius 2 is 1.91 bits per heavy atom. The Morgan fingerprint density at radius 3 is 2.59 bits per heavy atom. The molecule has 0 unspecified atom stereocenters. The predicted octanol–water partition coefficient (Wildman–Crippen LogP) is 4.34. The van der Waals surface area contributed by atoms with Crippen LogP contribution < -0.4 is 14.8 Å². The third kappa shape index (κ3) is 2.18. The molecule has 0 saturated heterocycles. The quantitative estimate of drug-likeness (QED) is 0.556.